The lowest BCUT2D eigenvalue weighted by Gasteiger charge is -2.26. The van der Waals surface area contributed by atoms with Crippen molar-refractivity contribution in [2.45, 2.75) is 31.8 Å². The average Bonchev–Trinajstić information content (AvgIpc) is 2.31. The number of aromatic nitrogens is 1. The van der Waals surface area contributed by atoms with Crippen LogP contribution in [0.25, 0.3) is 0 Å². The molecule has 1 heterocycles. The Balaban J connectivity index is 1.86. The maximum atomic E-state index is 9.58. The molecule has 94 valence electrons. The molecule has 5 heteroatoms. The van der Waals surface area contributed by atoms with Crippen molar-refractivity contribution in [3.8, 4) is 0 Å². The van der Waals surface area contributed by atoms with Gasteiger partial charge < -0.3 is 21.9 Å². The highest BCUT2D eigenvalue weighted by atomic mass is 16.3. The van der Waals surface area contributed by atoms with Crippen LogP contribution in [0.3, 0.4) is 0 Å². The van der Waals surface area contributed by atoms with Gasteiger partial charge in [0.25, 0.3) is 0 Å². The second-order valence-corrected chi connectivity index (χ2v) is 4.74. The van der Waals surface area contributed by atoms with Crippen LogP contribution in [0.5, 0.6) is 0 Å². The van der Waals surface area contributed by atoms with Crippen molar-refractivity contribution < 1.29 is 5.11 Å². The van der Waals surface area contributed by atoms with Crippen molar-refractivity contribution in [3.05, 3.63) is 12.1 Å². The molecule has 0 spiro atoms. The molecule has 2 unspecified atom stereocenters. The number of hydrogen-bond donors (Lipinski definition) is 4. The lowest BCUT2D eigenvalue weighted by Crippen LogP contribution is -2.25. The van der Waals surface area contributed by atoms with Crippen LogP contribution < -0.4 is 16.8 Å². The smallest absolute Gasteiger partial charge is 0.149 e. The van der Waals surface area contributed by atoms with Crippen molar-refractivity contribution in [1.29, 1.82) is 0 Å². The van der Waals surface area contributed by atoms with E-state index in [4.69, 9.17) is 11.5 Å². The number of hydrogen-bond acceptors (Lipinski definition) is 5. The average molecular weight is 236 g/mol. The summed E-state index contributed by atoms with van der Waals surface area (Å²) in [6, 6.07) is 3.57. The minimum atomic E-state index is -0.139. The molecule has 2 atom stereocenters. The summed E-state index contributed by atoms with van der Waals surface area (Å²) >= 11 is 0. The van der Waals surface area contributed by atoms with Crippen LogP contribution in [0.2, 0.25) is 0 Å². The molecular formula is C12H20N4O. The molecule has 17 heavy (non-hydrogen) atoms. The van der Waals surface area contributed by atoms with E-state index in [0.29, 0.717) is 17.4 Å². The summed E-state index contributed by atoms with van der Waals surface area (Å²) in [5.41, 5.74) is 11.7. The van der Waals surface area contributed by atoms with Gasteiger partial charge in [-0.3, -0.25) is 0 Å². The minimum Gasteiger partial charge on any atom is -0.396 e. The predicted octanol–water partition coefficient (Wildman–Crippen LogP) is 1.21. The molecule has 0 saturated heterocycles. The third-order valence-corrected chi connectivity index (χ3v) is 3.28. The Kier molecular flexibility index (Phi) is 3.68. The normalized spacial score (nSPS) is 24.5. The summed E-state index contributed by atoms with van der Waals surface area (Å²) in [7, 11) is 0. The first kappa shape index (κ1) is 12.0. The second kappa shape index (κ2) is 5.23. The summed E-state index contributed by atoms with van der Waals surface area (Å²) in [5.74, 6) is 1.62. The molecule has 0 bridgehead atoms. The molecule has 1 fully saturated rings. The van der Waals surface area contributed by atoms with Crippen LogP contribution in [0.4, 0.5) is 17.3 Å². The number of rotatable bonds is 3. The molecule has 0 radical (unpaired) electrons. The van der Waals surface area contributed by atoms with Crippen molar-refractivity contribution in [1.82, 2.24) is 4.98 Å². The number of nitrogen functional groups attached to an aromatic ring is 2. The van der Waals surface area contributed by atoms with Crippen molar-refractivity contribution >= 4 is 17.3 Å². The van der Waals surface area contributed by atoms with Gasteiger partial charge in [0, 0.05) is 6.54 Å². The van der Waals surface area contributed by atoms with Gasteiger partial charge in [-0.25, -0.2) is 4.98 Å². The van der Waals surface area contributed by atoms with Gasteiger partial charge in [-0.2, -0.15) is 0 Å². The number of nitrogens with zero attached hydrogens (tertiary/aromatic N) is 1. The van der Waals surface area contributed by atoms with Crippen LogP contribution in [0.1, 0.15) is 25.7 Å². The van der Waals surface area contributed by atoms with Crippen molar-refractivity contribution in [2.24, 2.45) is 5.92 Å². The number of nitrogens with one attached hydrogen (secondary N) is 1. The van der Waals surface area contributed by atoms with Crippen LogP contribution in [-0.2, 0) is 0 Å². The van der Waals surface area contributed by atoms with Gasteiger partial charge in [0.1, 0.15) is 11.6 Å². The summed E-state index contributed by atoms with van der Waals surface area (Å²) in [4.78, 5) is 4.16. The highest BCUT2D eigenvalue weighted by Crippen LogP contribution is 2.24. The zero-order valence-electron chi connectivity index (χ0n) is 9.89. The summed E-state index contributed by atoms with van der Waals surface area (Å²) in [6.07, 6.45) is 3.93. The molecule has 1 aromatic heterocycles. The van der Waals surface area contributed by atoms with Gasteiger partial charge in [0.2, 0.25) is 0 Å². The molecule has 5 nitrogen and oxygen atoms in total. The van der Waals surface area contributed by atoms with E-state index in [0.717, 1.165) is 38.0 Å². The van der Waals surface area contributed by atoms with E-state index in [1.54, 1.807) is 6.07 Å². The molecule has 1 aromatic rings. The van der Waals surface area contributed by atoms with Crippen molar-refractivity contribution in [3.63, 3.8) is 0 Å². The van der Waals surface area contributed by atoms with Crippen LogP contribution in [0.15, 0.2) is 12.1 Å². The largest absolute Gasteiger partial charge is 0.396 e. The predicted molar refractivity (Wildman–Crippen MR) is 69.5 cm³/mol. The molecule has 1 aliphatic carbocycles. The maximum absolute atomic E-state index is 9.58. The highest BCUT2D eigenvalue weighted by molar-refractivity contribution is 5.61. The molecular weight excluding hydrogens is 216 g/mol. The van der Waals surface area contributed by atoms with E-state index < -0.39 is 0 Å². The number of nitrogens with two attached hydrogens (primary N) is 2. The number of aliphatic hydroxyl groups excluding tert-OH is 1. The van der Waals surface area contributed by atoms with Crippen molar-refractivity contribution in [2.75, 3.05) is 23.3 Å². The minimum absolute atomic E-state index is 0.139. The molecule has 0 aliphatic heterocycles. The second-order valence-electron chi connectivity index (χ2n) is 4.74. The Hall–Kier alpha value is -1.49. The zero-order valence-corrected chi connectivity index (χ0v) is 9.89. The fourth-order valence-corrected chi connectivity index (χ4v) is 2.28. The lowest BCUT2D eigenvalue weighted by molar-refractivity contribution is 0.104. The lowest BCUT2D eigenvalue weighted by atomic mass is 9.87. The van der Waals surface area contributed by atoms with E-state index in [1.165, 1.54) is 0 Å². The third kappa shape index (κ3) is 3.23. The first-order chi connectivity index (χ1) is 8.15. The van der Waals surface area contributed by atoms with Gasteiger partial charge in [-0.1, -0.05) is 6.42 Å². The third-order valence-electron chi connectivity index (χ3n) is 3.28. The van der Waals surface area contributed by atoms with Gasteiger partial charge in [0.05, 0.1) is 11.8 Å². The number of aliphatic hydroxyl groups is 1. The molecule has 1 saturated carbocycles. The van der Waals surface area contributed by atoms with E-state index in [9.17, 15) is 5.11 Å². The van der Waals surface area contributed by atoms with E-state index >= 15 is 0 Å². The number of anilines is 3. The topological polar surface area (TPSA) is 97.2 Å². The van der Waals surface area contributed by atoms with Crippen LogP contribution >= 0.6 is 0 Å². The molecule has 6 N–H and O–H groups in total. The molecule has 0 amide bonds. The molecule has 1 aliphatic rings. The molecule has 2 rings (SSSR count). The summed E-state index contributed by atoms with van der Waals surface area (Å²) in [5, 5.41) is 12.8. The van der Waals surface area contributed by atoms with E-state index in [-0.39, 0.29) is 6.10 Å². The van der Waals surface area contributed by atoms with Gasteiger partial charge >= 0.3 is 0 Å². The quantitative estimate of drug-likeness (QED) is 0.632. The maximum Gasteiger partial charge on any atom is 0.149 e. The summed E-state index contributed by atoms with van der Waals surface area (Å²) in [6.45, 7) is 0.827. The van der Waals surface area contributed by atoms with Crippen LogP contribution in [-0.4, -0.2) is 22.7 Å². The molecule has 0 aromatic carbocycles. The van der Waals surface area contributed by atoms with Gasteiger partial charge in [0.15, 0.2) is 0 Å². The standard InChI is InChI=1S/C12H20N4O/c13-10-4-5-11(16-12(10)14)15-7-8-2-1-3-9(17)6-8/h4-5,8-9,17H,1-3,6-7,13H2,(H3,14,15,16). The van der Waals surface area contributed by atoms with E-state index in [2.05, 4.69) is 10.3 Å². The number of pyridine rings is 1. The SMILES string of the molecule is Nc1ccc(NCC2CCCC(O)C2)nc1N. The van der Waals surface area contributed by atoms with Crippen LogP contribution in [0, 0.1) is 5.92 Å². The van der Waals surface area contributed by atoms with Gasteiger partial charge in [-0.05, 0) is 37.3 Å². The fraction of sp³-hybridized carbons (Fsp3) is 0.583. The Morgan fingerprint density at radius 2 is 2.18 bits per heavy atom. The van der Waals surface area contributed by atoms with Gasteiger partial charge in [-0.15, -0.1) is 0 Å². The zero-order chi connectivity index (χ0) is 12.3. The first-order valence-electron chi connectivity index (χ1n) is 6.09. The summed E-state index contributed by atoms with van der Waals surface area (Å²) < 4.78 is 0. The Morgan fingerprint density at radius 1 is 1.35 bits per heavy atom. The Bertz CT molecular complexity index is 383. The fourth-order valence-electron chi connectivity index (χ4n) is 2.28. The Labute approximate surface area is 101 Å². The van der Waals surface area contributed by atoms with E-state index in [1.807, 2.05) is 6.07 Å². The first-order valence-corrected chi connectivity index (χ1v) is 6.09. The monoisotopic (exact) mass is 236 g/mol. The highest BCUT2D eigenvalue weighted by Gasteiger charge is 2.19. The Morgan fingerprint density at radius 3 is 2.88 bits per heavy atom.